The van der Waals surface area contributed by atoms with E-state index in [2.05, 4.69) is 0 Å². The van der Waals surface area contributed by atoms with E-state index >= 15 is 0 Å². The van der Waals surface area contributed by atoms with Crippen LogP contribution in [-0.4, -0.2) is 48.4 Å². The zero-order valence-electron chi connectivity index (χ0n) is 14.7. The number of rotatable bonds is 8. The standard InChI is InChI=1S/C18H24F2N2O3.ClH/c1-22(13-21)10-5-11-25-16(23)18(24,14-6-3-2-4-7-14)15-8-9-17(19,20)12-15;/h2-4,6-7,13,15,21,24H,5,8-12H2,1H3;1H/t15-,18+;/m1./s1. The zero-order chi connectivity index (χ0) is 18.5. The average molecular weight is 391 g/mol. The molecular weight excluding hydrogens is 366 g/mol. The fourth-order valence-corrected chi connectivity index (χ4v) is 3.17. The topological polar surface area (TPSA) is 73.6 Å². The first-order valence-corrected chi connectivity index (χ1v) is 8.33. The summed E-state index contributed by atoms with van der Waals surface area (Å²) >= 11 is 0. The van der Waals surface area contributed by atoms with Gasteiger partial charge in [0.2, 0.25) is 5.92 Å². The van der Waals surface area contributed by atoms with Crippen LogP contribution in [0.2, 0.25) is 0 Å². The number of aliphatic hydroxyl groups is 1. The minimum Gasteiger partial charge on any atom is -0.463 e. The first kappa shape index (κ1) is 22.3. The smallest absolute Gasteiger partial charge is 0.343 e. The molecule has 0 saturated heterocycles. The van der Waals surface area contributed by atoms with Gasteiger partial charge in [-0.05, 0) is 18.4 Å². The number of hydrogen-bond acceptors (Lipinski definition) is 4. The second-order valence-corrected chi connectivity index (χ2v) is 6.53. The number of nitrogens with zero attached hydrogens (tertiary/aromatic N) is 1. The number of alkyl halides is 2. The summed E-state index contributed by atoms with van der Waals surface area (Å²) in [4.78, 5) is 14.2. The summed E-state index contributed by atoms with van der Waals surface area (Å²) in [5.74, 6) is -4.65. The number of benzene rings is 1. The quantitative estimate of drug-likeness (QED) is 0.309. The average Bonchev–Trinajstić information content (AvgIpc) is 2.98. The highest BCUT2D eigenvalue weighted by molar-refractivity contribution is 5.85. The molecule has 1 aromatic carbocycles. The van der Waals surface area contributed by atoms with Crippen LogP contribution in [0, 0.1) is 11.3 Å². The van der Waals surface area contributed by atoms with Crippen LogP contribution < -0.4 is 0 Å². The Labute approximate surface area is 158 Å². The molecule has 8 heteroatoms. The number of hydrogen-bond donors (Lipinski definition) is 2. The lowest BCUT2D eigenvalue weighted by molar-refractivity contribution is -0.175. The van der Waals surface area contributed by atoms with E-state index < -0.39 is 29.8 Å². The van der Waals surface area contributed by atoms with Crippen LogP contribution in [0.4, 0.5) is 8.78 Å². The summed E-state index contributed by atoms with van der Waals surface area (Å²) in [6, 6.07) is 8.15. The van der Waals surface area contributed by atoms with Crippen LogP contribution in [0.1, 0.15) is 31.2 Å². The summed E-state index contributed by atoms with van der Waals surface area (Å²) in [6.07, 6.45) is 0.810. The van der Waals surface area contributed by atoms with Crippen molar-refractivity contribution in [3.63, 3.8) is 0 Å². The molecule has 5 nitrogen and oxygen atoms in total. The SMILES string of the molecule is CN(C=N)CCCOC(=O)[C@](O)(c1ccccc1)[C@@H]1CCC(F)(F)C1.Cl. The second-order valence-electron chi connectivity index (χ2n) is 6.53. The van der Waals surface area contributed by atoms with E-state index in [9.17, 15) is 18.7 Å². The van der Waals surface area contributed by atoms with Crippen molar-refractivity contribution in [3.05, 3.63) is 35.9 Å². The fraction of sp³-hybridized carbons (Fsp3) is 0.556. The molecule has 0 spiro atoms. The molecule has 1 saturated carbocycles. The largest absolute Gasteiger partial charge is 0.463 e. The molecule has 26 heavy (non-hydrogen) atoms. The van der Waals surface area contributed by atoms with Crippen molar-refractivity contribution in [2.75, 3.05) is 20.2 Å². The predicted molar refractivity (Wildman–Crippen MR) is 96.9 cm³/mol. The lowest BCUT2D eigenvalue weighted by Gasteiger charge is -2.32. The molecule has 0 bridgehead atoms. The molecule has 0 unspecified atom stereocenters. The number of esters is 1. The highest BCUT2D eigenvalue weighted by Crippen LogP contribution is 2.47. The number of ether oxygens (including phenoxy) is 1. The van der Waals surface area contributed by atoms with Crippen LogP contribution in [0.3, 0.4) is 0 Å². The minimum absolute atomic E-state index is 0. The van der Waals surface area contributed by atoms with E-state index in [1.807, 2.05) is 0 Å². The van der Waals surface area contributed by atoms with E-state index in [-0.39, 0.29) is 37.4 Å². The van der Waals surface area contributed by atoms with Gasteiger partial charge in [0.05, 0.1) is 12.9 Å². The Morgan fingerprint density at radius 3 is 2.65 bits per heavy atom. The molecule has 0 aliphatic heterocycles. The maximum absolute atomic E-state index is 13.6. The van der Waals surface area contributed by atoms with Crippen LogP contribution in [0.25, 0.3) is 0 Å². The summed E-state index contributed by atoms with van der Waals surface area (Å²) in [5, 5.41) is 18.2. The molecule has 2 rings (SSSR count). The molecule has 1 aromatic rings. The number of halogens is 3. The highest BCUT2D eigenvalue weighted by atomic mass is 35.5. The lowest BCUT2D eigenvalue weighted by Crippen LogP contribution is -2.44. The van der Waals surface area contributed by atoms with Crippen LogP contribution in [0.5, 0.6) is 0 Å². The van der Waals surface area contributed by atoms with Crippen molar-refractivity contribution >= 4 is 24.7 Å². The Morgan fingerprint density at radius 1 is 1.46 bits per heavy atom. The maximum atomic E-state index is 13.6. The first-order valence-electron chi connectivity index (χ1n) is 8.33. The summed E-state index contributed by atoms with van der Waals surface area (Å²) in [7, 11) is 1.72. The Morgan fingerprint density at radius 2 is 2.12 bits per heavy atom. The number of nitrogens with one attached hydrogen (secondary N) is 1. The van der Waals surface area contributed by atoms with Crippen LogP contribution in [0.15, 0.2) is 30.3 Å². The Balaban J connectivity index is 0.00000338. The van der Waals surface area contributed by atoms with E-state index in [0.717, 1.165) is 6.34 Å². The van der Waals surface area contributed by atoms with Gasteiger partial charge in [0.1, 0.15) is 0 Å². The molecule has 1 aliphatic rings. The van der Waals surface area contributed by atoms with E-state index in [1.54, 1.807) is 42.3 Å². The molecule has 2 atom stereocenters. The van der Waals surface area contributed by atoms with Gasteiger partial charge in [-0.15, -0.1) is 12.4 Å². The summed E-state index contributed by atoms with van der Waals surface area (Å²) in [6.45, 7) is 0.567. The van der Waals surface area contributed by atoms with Crippen LogP contribution >= 0.6 is 12.4 Å². The lowest BCUT2D eigenvalue weighted by atomic mass is 9.80. The number of carbonyl (C=O) groups excluding carboxylic acids is 1. The monoisotopic (exact) mass is 390 g/mol. The zero-order valence-corrected chi connectivity index (χ0v) is 15.5. The van der Waals surface area contributed by atoms with Gasteiger partial charge >= 0.3 is 5.97 Å². The molecule has 0 amide bonds. The van der Waals surface area contributed by atoms with Crippen molar-refractivity contribution in [1.29, 1.82) is 5.41 Å². The van der Waals surface area contributed by atoms with Gasteiger partial charge in [0.15, 0.2) is 5.60 Å². The van der Waals surface area contributed by atoms with Gasteiger partial charge < -0.3 is 14.7 Å². The van der Waals surface area contributed by atoms with Gasteiger partial charge in [0, 0.05) is 32.4 Å². The van der Waals surface area contributed by atoms with Gasteiger partial charge in [-0.3, -0.25) is 5.41 Å². The second kappa shape index (κ2) is 9.28. The molecule has 146 valence electrons. The third kappa shape index (κ3) is 5.14. The van der Waals surface area contributed by atoms with E-state index in [0.29, 0.717) is 13.0 Å². The third-order valence-electron chi connectivity index (χ3n) is 4.63. The Hall–Kier alpha value is -1.73. The van der Waals surface area contributed by atoms with Crippen LogP contribution in [-0.2, 0) is 15.1 Å². The van der Waals surface area contributed by atoms with Gasteiger partial charge in [0.25, 0.3) is 0 Å². The third-order valence-corrected chi connectivity index (χ3v) is 4.63. The van der Waals surface area contributed by atoms with Crippen molar-refractivity contribution in [1.82, 2.24) is 4.90 Å². The van der Waals surface area contributed by atoms with Crippen molar-refractivity contribution in [3.8, 4) is 0 Å². The fourth-order valence-electron chi connectivity index (χ4n) is 3.17. The molecule has 2 N–H and O–H groups in total. The molecule has 0 radical (unpaired) electrons. The van der Waals surface area contributed by atoms with E-state index in [4.69, 9.17) is 10.1 Å². The molecular formula is C18H25ClF2N2O3. The van der Waals surface area contributed by atoms with Crippen molar-refractivity contribution < 1.29 is 23.4 Å². The van der Waals surface area contributed by atoms with E-state index in [1.165, 1.54) is 0 Å². The normalized spacial score (nSPS) is 20.5. The summed E-state index contributed by atoms with van der Waals surface area (Å²) < 4.78 is 32.5. The number of carbonyl (C=O) groups is 1. The highest BCUT2D eigenvalue weighted by Gasteiger charge is 2.54. The Kier molecular flexibility index (Phi) is 7.96. The molecule has 0 aromatic heterocycles. The Bertz CT molecular complexity index is 603. The van der Waals surface area contributed by atoms with Gasteiger partial charge in [-0.25, -0.2) is 13.6 Å². The van der Waals surface area contributed by atoms with Crippen molar-refractivity contribution in [2.24, 2.45) is 5.92 Å². The maximum Gasteiger partial charge on any atom is 0.343 e. The predicted octanol–water partition coefficient (Wildman–Crippen LogP) is 3.20. The molecule has 1 aliphatic carbocycles. The van der Waals surface area contributed by atoms with Gasteiger partial charge in [-0.1, -0.05) is 30.3 Å². The van der Waals surface area contributed by atoms with Gasteiger partial charge in [-0.2, -0.15) is 0 Å². The van der Waals surface area contributed by atoms with Crippen molar-refractivity contribution in [2.45, 2.75) is 37.2 Å². The minimum atomic E-state index is -2.87. The summed E-state index contributed by atoms with van der Waals surface area (Å²) in [5.41, 5.74) is -1.80. The first-order chi connectivity index (χ1) is 11.8. The molecule has 1 fully saturated rings. The molecule has 0 heterocycles.